The molecule has 28 heavy (non-hydrogen) atoms. The zero-order chi connectivity index (χ0) is 19.7. The Balaban J connectivity index is 1.37. The number of allylic oxidation sites excluding steroid dienone is 2. The summed E-state index contributed by atoms with van der Waals surface area (Å²) in [4.78, 5) is 42.5. The Hall–Kier alpha value is -3.22. The first-order chi connectivity index (χ1) is 13.5. The van der Waals surface area contributed by atoms with E-state index in [2.05, 4.69) is 10.3 Å². The zero-order valence-electron chi connectivity index (χ0n) is 15.6. The van der Waals surface area contributed by atoms with Crippen molar-refractivity contribution in [3.05, 3.63) is 60.7 Å². The molecule has 3 atom stereocenters. The van der Waals surface area contributed by atoms with Gasteiger partial charge in [0.15, 0.2) is 0 Å². The number of amides is 3. The molecule has 1 fully saturated rings. The molecule has 0 bridgehead atoms. The van der Waals surface area contributed by atoms with Crippen LogP contribution in [-0.4, -0.2) is 38.7 Å². The zero-order valence-corrected chi connectivity index (χ0v) is 15.6. The molecular weight excluding hydrogens is 356 g/mol. The maximum absolute atomic E-state index is 12.5. The second-order valence-corrected chi connectivity index (χ2v) is 7.27. The molecule has 1 N–H and O–H groups in total. The maximum Gasteiger partial charge on any atom is 0.240 e. The molecule has 0 radical (unpaired) electrons. The van der Waals surface area contributed by atoms with Gasteiger partial charge in [0.05, 0.1) is 24.2 Å². The van der Waals surface area contributed by atoms with E-state index in [-0.39, 0.29) is 42.1 Å². The smallest absolute Gasteiger partial charge is 0.240 e. The lowest BCUT2D eigenvalue weighted by Gasteiger charge is -2.18. The summed E-state index contributed by atoms with van der Waals surface area (Å²) in [7, 11) is 0. The minimum absolute atomic E-state index is 0.220. The quantitative estimate of drug-likeness (QED) is 0.637. The molecule has 2 aromatic rings. The summed E-state index contributed by atoms with van der Waals surface area (Å²) in [6.45, 7) is 1.66. The van der Waals surface area contributed by atoms with Gasteiger partial charge in [0.1, 0.15) is 6.54 Å². The number of nitrogens with one attached hydrogen (secondary N) is 1. The number of likely N-dealkylation sites (tertiary alicyclic amines) is 1. The number of rotatable bonds is 5. The molecule has 3 amide bonds. The molecule has 1 aliphatic carbocycles. The molecule has 1 aromatic heterocycles. The largest absolute Gasteiger partial charge is 0.348 e. The van der Waals surface area contributed by atoms with Gasteiger partial charge in [-0.05, 0) is 37.5 Å². The van der Waals surface area contributed by atoms with Crippen LogP contribution in [0, 0.1) is 11.8 Å². The van der Waals surface area contributed by atoms with Gasteiger partial charge in [0.25, 0.3) is 0 Å². The Kier molecular flexibility index (Phi) is 4.81. The van der Waals surface area contributed by atoms with Gasteiger partial charge in [0.2, 0.25) is 17.7 Å². The number of nitrogens with zero attached hydrogens (tertiary/aromatic N) is 3. The molecule has 144 valence electrons. The molecule has 0 spiro atoms. The number of carbonyl (C=O) groups is 3. The fourth-order valence-electron chi connectivity index (χ4n) is 3.89. The summed E-state index contributed by atoms with van der Waals surface area (Å²) in [6, 6.07) is 7.54. The Morgan fingerprint density at radius 1 is 1.14 bits per heavy atom. The molecule has 1 saturated heterocycles. The third kappa shape index (κ3) is 3.35. The van der Waals surface area contributed by atoms with Gasteiger partial charge in [-0.2, -0.15) is 0 Å². The van der Waals surface area contributed by atoms with Crippen molar-refractivity contribution in [1.29, 1.82) is 0 Å². The molecule has 4 rings (SSSR count). The molecule has 1 aromatic carbocycles. The number of hydrogen-bond donors (Lipinski definition) is 1. The summed E-state index contributed by atoms with van der Waals surface area (Å²) in [5, 5.41) is 2.88. The third-order valence-electron chi connectivity index (χ3n) is 5.47. The number of fused-ring (bicyclic) bond motifs is 1. The number of benzene rings is 1. The molecule has 1 aliphatic heterocycles. The van der Waals surface area contributed by atoms with Crippen LogP contribution in [0.4, 0.5) is 0 Å². The van der Waals surface area contributed by atoms with Crippen molar-refractivity contribution in [2.24, 2.45) is 11.8 Å². The monoisotopic (exact) mass is 378 g/mol. The van der Waals surface area contributed by atoms with Crippen molar-refractivity contribution in [2.75, 3.05) is 6.54 Å². The van der Waals surface area contributed by atoms with Crippen LogP contribution in [0.25, 0.3) is 5.69 Å². The summed E-state index contributed by atoms with van der Waals surface area (Å²) in [6.07, 6.45) is 10.3. The Morgan fingerprint density at radius 3 is 2.36 bits per heavy atom. The highest BCUT2D eigenvalue weighted by molar-refractivity contribution is 6.07. The van der Waals surface area contributed by atoms with E-state index in [1.165, 1.54) is 0 Å². The fourth-order valence-corrected chi connectivity index (χ4v) is 3.89. The highest BCUT2D eigenvalue weighted by Crippen LogP contribution is 2.34. The van der Waals surface area contributed by atoms with E-state index >= 15 is 0 Å². The van der Waals surface area contributed by atoms with Crippen LogP contribution in [0.5, 0.6) is 0 Å². The highest BCUT2D eigenvalue weighted by atomic mass is 16.2. The summed E-state index contributed by atoms with van der Waals surface area (Å²) >= 11 is 0. The van der Waals surface area contributed by atoms with Crippen LogP contribution < -0.4 is 5.32 Å². The van der Waals surface area contributed by atoms with E-state index in [4.69, 9.17) is 0 Å². The SMILES string of the molecule is C[C@H](NC(=O)CN1C(=O)[C@H]2CC=CC[C@H]2C1=O)c1ccc(-n2ccnc2)cc1. The average molecular weight is 378 g/mol. The first-order valence-corrected chi connectivity index (χ1v) is 9.42. The summed E-state index contributed by atoms with van der Waals surface area (Å²) in [5.74, 6) is -1.41. The van der Waals surface area contributed by atoms with Crippen molar-refractivity contribution in [1.82, 2.24) is 19.8 Å². The van der Waals surface area contributed by atoms with Crippen molar-refractivity contribution in [3.63, 3.8) is 0 Å². The van der Waals surface area contributed by atoms with E-state index in [0.29, 0.717) is 12.8 Å². The molecule has 2 heterocycles. The lowest BCUT2D eigenvalue weighted by molar-refractivity contribution is -0.143. The van der Waals surface area contributed by atoms with Gasteiger partial charge in [0, 0.05) is 18.1 Å². The number of aromatic nitrogens is 2. The van der Waals surface area contributed by atoms with E-state index in [9.17, 15) is 14.4 Å². The normalized spacial score (nSPS) is 22.2. The first kappa shape index (κ1) is 18.2. The molecule has 7 nitrogen and oxygen atoms in total. The van der Waals surface area contributed by atoms with Gasteiger partial charge >= 0.3 is 0 Å². The van der Waals surface area contributed by atoms with Crippen LogP contribution in [0.2, 0.25) is 0 Å². The minimum atomic E-state index is -0.334. The van der Waals surface area contributed by atoms with Gasteiger partial charge in [-0.15, -0.1) is 0 Å². The second-order valence-electron chi connectivity index (χ2n) is 7.27. The average Bonchev–Trinajstić information content (AvgIpc) is 3.32. The molecule has 0 unspecified atom stereocenters. The standard InChI is InChI=1S/C21H22N4O3/c1-14(15-6-8-16(9-7-15)24-11-10-22-13-24)23-19(26)12-25-20(27)17-4-2-3-5-18(17)21(25)28/h2-3,6-11,13-14,17-18H,4-5,12H2,1H3,(H,23,26)/t14-,17-,18+/m0/s1. The first-order valence-electron chi connectivity index (χ1n) is 9.42. The number of carbonyl (C=O) groups excluding carboxylic acids is 3. The second kappa shape index (κ2) is 7.42. The third-order valence-corrected chi connectivity index (χ3v) is 5.47. The number of hydrogen-bond acceptors (Lipinski definition) is 4. The Bertz CT molecular complexity index is 892. The lowest BCUT2D eigenvalue weighted by atomic mass is 9.85. The van der Waals surface area contributed by atoms with Crippen molar-refractivity contribution >= 4 is 17.7 Å². The van der Waals surface area contributed by atoms with Gasteiger partial charge < -0.3 is 9.88 Å². The van der Waals surface area contributed by atoms with E-state index in [1.54, 1.807) is 12.5 Å². The predicted octanol–water partition coefficient (Wildman–Crippen LogP) is 2.00. The van der Waals surface area contributed by atoms with E-state index in [0.717, 1.165) is 16.2 Å². The van der Waals surface area contributed by atoms with Crippen LogP contribution in [0.15, 0.2) is 55.1 Å². The fraction of sp³-hybridized carbons (Fsp3) is 0.333. The summed E-state index contributed by atoms with van der Waals surface area (Å²) in [5.41, 5.74) is 1.92. The Morgan fingerprint density at radius 2 is 1.79 bits per heavy atom. The van der Waals surface area contributed by atoms with E-state index < -0.39 is 0 Å². The predicted molar refractivity (Wildman–Crippen MR) is 102 cm³/mol. The number of imide groups is 1. The highest BCUT2D eigenvalue weighted by Gasteiger charge is 2.47. The van der Waals surface area contributed by atoms with Crippen molar-refractivity contribution in [2.45, 2.75) is 25.8 Å². The number of imidazole rings is 1. The van der Waals surface area contributed by atoms with E-state index in [1.807, 2.05) is 54.1 Å². The minimum Gasteiger partial charge on any atom is -0.348 e. The van der Waals surface area contributed by atoms with Gasteiger partial charge in [-0.25, -0.2) is 4.98 Å². The van der Waals surface area contributed by atoms with Crippen LogP contribution in [0.1, 0.15) is 31.4 Å². The molecular formula is C21H22N4O3. The molecule has 7 heteroatoms. The van der Waals surface area contributed by atoms with Crippen LogP contribution in [-0.2, 0) is 14.4 Å². The molecule has 2 aliphatic rings. The van der Waals surface area contributed by atoms with Crippen LogP contribution >= 0.6 is 0 Å². The lowest BCUT2D eigenvalue weighted by Crippen LogP contribution is -2.41. The van der Waals surface area contributed by atoms with Crippen LogP contribution in [0.3, 0.4) is 0 Å². The van der Waals surface area contributed by atoms with Gasteiger partial charge in [-0.3, -0.25) is 19.3 Å². The van der Waals surface area contributed by atoms with Crippen molar-refractivity contribution < 1.29 is 14.4 Å². The maximum atomic E-state index is 12.5. The Labute approximate surface area is 163 Å². The summed E-state index contributed by atoms with van der Waals surface area (Å²) < 4.78 is 1.89. The molecule has 0 saturated carbocycles. The topological polar surface area (TPSA) is 84.3 Å². The van der Waals surface area contributed by atoms with Crippen molar-refractivity contribution in [3.8, 4) is 5.69 Å². The van der Waals surface area contributed by atoms with Gasteiger partial charge in [-0.1, -0.05) is 24.3 Å².